The van der Waals surface area contributed by atoms with Crippen LogP contribution in [0.1, 0.15) is 88.2 Å². The standard InChI is InChI=1S/C33H50N2O/c34-33(35)31(22-28-13-5-2-6-14-28)24-32(36)23-30(21-25-11-3-1-4-12-25)29(19-26-15-7-8-16-26)20-27-17-9-10-18-27/h1-6,11-14,26-27,29-33,36H,7-10,15-24,34-35H2. The fraction of sp³-hybridized carbons (Fsp3) is 0.636. The van der Waals surface area contributed by atoms with E-state index in [0.29, 0.717) is 18.3 Å². The summed E-state index contributed by atoms with van der Waals surface area (Å²) in [6.07, 6.45) is 16.6. The fourth-order valence-corrected chi connectivity index (χ4v) is 7.28. The van der Waals surface area contributed by atoms with E-state index >= 15 is 0 Å². The van der Waals surface area contributed by atoms with Gasteiger partial charge in [0.15, 0.2) is 0 Å². The summed E-state index contributed by atoms with van der Waals surface area (Å²) in [5.41, 5.74) is 15.1. The smallest absolute Gasteiger partial charge is 0.0554 e. The van der Waals surface area contributed by atoms with E-state index < -0.39 is 6.17 Å². The number of hydrogen-bond donors (Lipinski definition) is 3. The largest absolute Gasteiger partial charge is 0.393 e. The second-order valence-electron chi connectivity index (χ2n) is 12.1. The molecule has 3 heteroatoms. The van der Waals surface area contributed by atoms with Crippen LogP contribution >= 0.6 is 0 Å². The molecule has 2 aliphatic rings. The van der Waals surface area contributed by atoms with Crippen LogP contribution in [-0.2, 0) is 12.8 Å². The minimum Gasteiger partial charge on any atom is -0.393 e. The lowest BCUT2D eigenvalue weighted by Crippen LogP contribution is -2.41. The molecule has 0 amide bonds. The van der Waals surface area contributed by atoms with Gasteiger partial charge in [-0.1, -0.05) is 112 Å². The van der Waals surface area contributed by atoms with E-state index in [2.05, 4.69) is 54.6 Å². The molecule has 0 heterocycles. The molecular weight excluding hydrogens is 440 g/mol. The van der Waals surface area contributed by atoms with Crippen molar-refractivity contribution in [3.63, 3.8) is 0 Å². The number of hydrogen-bond acceptors (Lipinski definition) is 3. The zero-order valence-electron chi connectivity index (χ0n) is 22.3. The molecule has 2 aliphatic carbocycles. The van der Waals surface area contributed by atoms with Crippen molar-refractivity contribution in [2.45, 2.75) is 102 Å². The Balaban J connectivity index is 1.47. The predicted molar refractivity (Wildman–Crippen MR) is 151 cm³/mol. The first-order chi connectivity index (χ1) is 17.6. The normalized spacial score (nSPS) is 19.8. The highest BCUT2D eigenvalue weighted by Gasteiger charge is 2.32. The highest BCUT2D eigenvalue weighted by molar-refractivity contribution is 5.16. The van der Waals surface area contributed by atoms with E-state index in [0.717, 1.165) is 31.1 Å². The van der Waals surface area contributed by atoms with E-state index in [9.17, 15) is 5.11 Å². The quantitative estimate of drug-likeness (QED) is 0.253. The van der Waals surface area contributed by atoms with Crippen molar-refractivity contribution in [3.8, 4) is 0 Å². The highest BCUT2D eigenvalue weighted by Crippen LogP contribution is 2.41. The summed E-state index contributed by atoms with van der Waals surface area (Å²) in [5.74, 6) is 3.06. The van der Waals surface area contributed by atoms with Crippen LogP contribution in [0, 0.1) is 29.6 Å². The van der Waals surface area contributed by atoms with Crippen molar-refractivity contribution in [3.05, 3.63) is 71.8 Å². The van der Waals surface area contributed by atoms with Crippen LogP contribution in [0.15, 0.2) is 60.7 Å². The van der Waals surface area contributed by atoms with E-state index in [1.54, 1.807) is 0 Å². The third kappa shape index (κ3) is 8.71. The Morgan fingerprint density at radius 1 is 0.611 bits per heavy atom. The van der Waals surface area contributed by atoms with Gasteiger partial charge in [-0.3, -0.25) is 0 Å². The summed E-state index contributed by atoms with van der Waals surface area (Å²) in [7, 11) is 0. The van der Waals surface area contributed by atoms with Gasteiger partial charge in [-0.15, -0.1) is 0 Å². The average molecular weight is 491 g/mol. The molecule has 0 saturated heterocycles. The minimum atomic E-state index is -0.416. The Hall–Kier alpha value is -1.68. The SMILES string of the molecule is NC(N)C(Cc1ccccc1)CC(O)CC(Cc1ccccc1)C(CC1CCCC1)CC1CCCC1. The first-order valence-corrected chi connectivity index (χ1v) is 14.8. The van der Waals surface area contributed by atoms with Crippen LogP contribution in [0.5, 0.6) is 0 Å². The molecular formula is C33H50N2O. The molecule has 0 spiro atoms. The summed E-state index contributed by atoms with van der Waals surface area (Å²) in [5, 5.41) is 11.5. The fourth-order valence-electron chi connectivity index (χ4n) is 7.28. The van der Waals surface area contributed by atoms with Crippen molar-refractivity contribution in [2.75, 3.05) is 0 Å². The predicted octanol–water partition coefficient (Wildman–Crippen LogP) is 6.87. The van der Waals surface area contributed by atoms with Gasteiger partial charge in [0.2, 0.25) is 0 Å². The van der Waals surface area contributed by atoms with Gasteiger partial charge in [0.1, 0.15) is 0 Å². The van der Waals surface area contributed by atoms with Crippen molar-refractivity contribution in [2.24, 2.45) is 41.1 Å². The molecule has 0 aliphatic heterocycles. The zero-order valence-corrected chi connectivity index (χ0v) is 22.3. The molecule has 3 atom stereocenters. The molecule has 0 aromatic heterocycles. The lowest BCUT2D eigenvalue weighted by molar-refractivity contribution is 0.0832. The Morgan fingerprint density at radius 2 is 1.03 bits per heavy atom. The Bertz CT molecular complexity index is 825. The molecule has 5 N–H and O–H groups in total. The Labute approximate surface area is 220 Å². The zero-order chi connectivity index (χ0) is 25.2. The molecule has 4 rings (SSSR count). The van der Waals surface area contributed by atoms with Gasteiger partial charge < -0.3 is 16.6 Å². The van der Waals surface area contributed by atoms with Crippen LogP contribution in [0.3, 0.4) is 0 Å². The maximum absolute atomic E-state index is 11.5. The second-order valence-corrected chi connectivity index (χ2v) is 12.1. The maximum atomic E-state index is 11.5. The monoisotopic (exact) mass is 490 g/mol. The molecule has 2 aromatic carbocycles. The third-order valence-corrected chi connectivity index (χ3v) is 9.26. The summed E-state index contributed by atoms with van der Waals surface area (Å²) in [6, 6.07) is 21.4. The molecule has 3 nitrogen and oxygen atoms in total. The number of rotatable bonds is 14. The van der Waals surface area contributed by atoms with Gasteiger partial charge >= 0.3 is 0 Å². The third-order valence-electron chi connectivity index (χ3n) is 9.26. The maximum Gasteiger partial charge on any atom is 0.0554 e. The van der Waals surface area contributed by atoms with Crippen molar-refractivity contribution in [1.82, 2.24) is 0 Å². The van der Waals surface area contributed by atoms with Crippen molar-refractivity contribution < 1.29 is 5.11 Å². The average Bonchev–Trinajstić information content (AvgIpc) is 3.59. The van der Waals surface area contributed by atoms with Gasteiger partial charge in [0.25, 0.3) is 0 Å². The van der Waals surface area contributed by atoms with Gasteiger partial charge in [-0.2, -0.15) is 0 Å². The van der Waals surface area contributed by atoms with E-state index in [-0.39, 0.29) is 12.0 Å². The number of benzene rings is 2. The first-order valence-electron chi connectivity index (χ1n) is 14.8. The number of aliphatic hydroxyl groups excluding tert-OH is 1. The molecule has 2 aromatic rings. The van der Waals surface area contributed by atoms with Crippen LogP contribution in [0.2, 0.25) is 0 Å². The van der Waals surface area contributed by atoms with Gasteiger partial charge in [-0.05, 0) is 79.2 Å². The van der Waals surface area contributed by atoms with Crippen LogP contribution in [0.25, 0.3) is 0 Å². The summed E-state index contributed by atoms with van der Waals surface area (Å²) >= 11 is 0. The van der Waals surface area contributed by atoms with Crippen molar-refractivity contribution in [1.29, 1.82) is 0 Å². The van der Waals surface area contributed by atoms with E-state index in [1.165, 1.54) is 75.3 Å². The van der Waals surface area contributed by atoms with Crippen LogP contribution < -0.4 is 11.5 Å². The van der Waals surface area contributed by atoms with Gasteiger partial charge in [-0.25, -0.2) is 0 Å². The molecule has 2 fully saturated rings. The first kappa shape index (κ1) is 27.4. The van der Waals surface area contributed by atoms with Crippen molar-refractivity contribution >= 4 is 0 Å². The lowest BCUT2D eigenvalue weighted by atomic mass is 9.73. The molecule has 2 saturated carbocycles. The summed E-state index contributed by atoms with van der Waals surface area (Å²) in [4.78, 5) is 0. The topological polar surface area (TPSA) is 72.3 Å². The molecule has 0 radical (unpaired) electrons. The van der Waals surface area contributed by atoms with E-state index in [4.69, 9.17) is 11.5 Å². The van der Waals surface area contributed by atoms with Crippen LogP contribution in [0.4, 0.5) is 0 Å². The van der Waals surface area contributed by atoms with Crippen LogP contribution in [-0.4, -0.2) is 17.4 Å². The second kappa shape index (κ2) is 14.3. The lowest BCUT2D eigenvalue weighted by Gasteiger charge is -2.34. The molecule has 3 unspecified atom stereocenters. The van der Waals surface area contributed by atoms with Gasteiger partial charge in [0, 0.05) is 0 Å². The van der Waals surface area contributed by atoms with E-state index in [1.807, 2.05) is 6.07 Å². The molecule has 198 valence electrons. The summed E-state index contributed by atoms with van der Waals surface area (Å²) in [6.45, 7) is 0. The number of nitrogens with two attached hydrogens (primary N) is 2. The molecule has 36 heavy (non-hydrogen) atoms. The minimum absolute atomic E-state index is 0.0860. The Kier molecular flexibility index (Phi) is 10.9. The molecule has 0 bridgehead atoms. The highest BCUT2D eigenvalue weighted by atomic mass is 16.3. The Morgan fingerprint density at radius 3 is 1.47 bits per heavy atom. The number of aliphatic hydroxyl groups is 1. The summed E-state index contributed by atoms with van der Waals surface area (Å²) < 4.78 is 0. The van der Waals surface area contributed by atoms with Gasteiger partial charge in [0.05, 0.1) is 12.3 Å².